The van der Waals surface area contributed by atoms with Crippen LogP contribution >= 0.6 is 11.6 Å². The number of halogens is 1. The third-order valence-electron chi connectivity index (χ3n) is 2.12. The Morgan fingerprint density at radius 3 is 2.46 bits per heavy atom. The van der Waals surface area contributed by atoms with Gasteiger partial charge in [0.15, 0.2) is 0 Å². The minimum Gasteiger partial charge on any atom is -0.494 e. The maximum atomic E-state index is 6.03. The van der Waals surface area contributed by atoms with E-state index in [2.05, 4.69) is 5.32 Å². The standard InChI is InChI=1S/C10H14ClNO/c1-6-5-8(11)7(2)9(12-3)10(6)13-4/h5,12H,1-4H3. The van der Waals surface area contributed by atoms with Gasteiger partial charge >= 0.3 is 0 Å². The molecule has 2 nitrogen and oxygen atoms in total. The van der Waals surface area contributed by atoms with Crippen LogP contribution in [-0.4, -0.2) is 14.2 Å². The van der Waals surface area contributed by atoms with E-state index in [4.69, 9.17) is 16.3 Å². The Morgan fingerprint density at radius 2 is 2.00 bits per heavy atom. The van der Waals surface area contributed by atoms with Crippen LogP contribution in [0.3, 0.4) is 0 Å². The van der Waals surface area contributed by atoms with Gasteiger partial charge in [-0.1, -0.05) is 11.6 Å². The first-order valence-corrected chi connectivity index (χ1v) is 4.51. The Hall–Kier alpha value is -0.890. The summed E-state index contributed by atoms with van der Waals surface area (Å²) in [6, 6.07) is 1.91. The molecule has 1 N–H and O–H groups in total. The van der Waals surface area contributed by atoms with Crippen molar-refractivity contribution in [2.45, 2.75) is 13.8 Å². The second kappa shape index (κ2) is 3.88. The maximum absolute atomic E-state index is 6.03. The van der Waals surface area contributed by atoms with Gasteiger partial charge in [-0.25, -0.2) is 0 Å². The summed E-state index contributed by atoms with van der Waals surface area (Å²) >= 11 is 6.03. The first kappa shape index (κ1) is 10.2. The summed E-state index contributed by atoms with van der Waals surface area (Å²) < 4.78 is 5.28. The molecule has 1 aromatic rings. The van der Waals surface area contributed by atoms with E-state index in [9.17, 15) is 0 Å². The van der Waals surface area contributed by atoms with Crippen LogP contribution in [0.4, 0.5) is 5.69 Å². The molecule has 0 atom stereocenters. The number of hydrogen-bond acceptors (Lipinski definition) is 2. The molecule has 72 valence electrons. The first-order chi connectivity index (χ1) is 6.11. The quantitative estimate of drug-likeness (QED) is 0.791. The minimum absolute atomic E-state index is 0.766. The summed E-state index contributed by atoms with van der Waals surface area (Å²) in [5.74, 6) is 0.865. The van der Waals surface area contributed by atoms with Crippen molar-refractivity contribution in [1.82, 2.24) is 0 Å². The zero-order valence-electron chi connectivity index (χ0n) is 8.36. The first-order valence-electron chi connectivity index (χ1n) is 4.13. The van der Waals surface area contributed by atoms with E-state index in [1.54, 1.807) is 7.11 Å². The van der Waals surface area contributed by atoms with Gasteiger partial charge in [-0.2, -0.15) is 0 Å². The van der Waals surface area contributed by atoms with Crippen molar-refractivity contribution < 1.29 is 4.74 Å². The van der Waals surface area contributed by atoms with Gasteiger partial charge in [0, 0.05) is 12.1 Å². The number of nitrogens with one attached hydrogen (secondary N) is 1. The van der Waals surface area contributed by atoms with Crippen LogP contribution in [-0.2, 0) is 0 Å². The van der Waals surface area contributed by atoms with Crippen LogP contribution in [0.1, 0.15) is 11.1 Å². The molecular formula is C10H14ClNO. The highest BCUT2D eigenvalue weighted by Gasteiger charge is 2.11. The van der Waals surface area contributed by atoms with Crippen LogP contribution in [0.2, 0.25) is 5.02 Å². The highest BCUT2D eigenvalue weighted by molar-refractivity contribution is 6.32. The number of benzene rings is 1. The Balaban J connectivity index is 3.41. The van der Waals surface area contributed by atoms with Crippen molar-refractivity contribution in [2.24, 2.45) is 0 Å². The fourth-order valence-corrected chi connectivity index (χ4v) is 1.67. The van der Waals surface area contributed by atoms with E-state index in [1.807, 2.05) is 27.0 Å². The van der Waals surface area contributed by atoms with E-state index in [0.29, 0.717) is 0 Å². The lowest BCUT2D eigenvalue weighted by atomic mass is 10.1. The molecule has 0 bridgehead atoms. The topological polar surface area (TPSA) is 21.3 Å². The SMILES string of the molecule is CNc1c(C)c(Cl)cc(C)c1OC. The van der Waals surface area contributed by atoms with E-state index in [-0.39, 0.29) is 0 Å². The number of hydrogen-bond donors (Lipinski definition) is 1. The van der Waals surface area contributed by atoms with Gasteiger partial charge in [0.1, 0.15) is 5.75 Å². The van der Waals surface area contributed by atoms with Gasteiger partial charge in [-0.3, -0.25) is 0 Å². The molecular weight excluding hydrogens is 186 g/mol. The fourth-order valence-electron chi connectivity index (χ4n) is 1.41. The molecule has 0 spiro atoms. The average molecular weight is 200 g/mol. The number of aryl methyl sites for hydroxylation is 1. The summed E-state index contributed by atoms with van der Waals surface area (Å²) in [6.45, 7) is 3.95. The summed E-state index contributed by atoms with van der Waals surface area (Å²) in [5, 5.41) is 3.85. The van der Waals surface area contributed by atoms with Crippen molar-refractivity contribution in [3.8, 4) is 5.75 Å². The molecule has 1 aromatic carbocycles. The van der Waals surface area contributed by atoms with Gasteiger partial charge in [-0.05, 0) is 31.0 Å². The molecule has 0 saturated heterocycles. The smallest absolute Gasteiger partial charge is 0.145 e. The van der Waals surface area contributed by atoms with Crippen molar-refractivity contribution in [3.63, 3.8) is 0 Å². The van der Waals surface area contributed by atoms with Crippen LogP contribution < -0.4 is 10.1 Å². The molecule has 1 rings (SSSR count). The predicted molar refractivity (Wildman–Crippen MR) is 57.0 cm³/mol. The van der Waals surface area contributed by atoms with Crippen molar-refractivity contribution in [2.75, 3.05) is 19.5 Å². The van der Waals surface area contributed by atoms with Gasteiger partial charge in [0.2, 0.25) is 0 Å². The third-order valence-corrected chi connectivity index (χ3v) is 2.51. The summed E-state index contributed by atoms with van der Waals surface area (Å²) in [4.78, 5) is 0. The lowest BCUT2D eigenvalue weighted by Crippen LogP contribution is -1.99. The second-order valence-electron chi connectivity index (χ2n) is 2.96. The molecule has 0 aliphatic rings. The Kier molecular flexibility index (Phi) is 3.04. The van der Waals surface area contributed by atoms with Crippen LogP contribution in [0.15, 0.2) is 6.07 Å². The molecule has 0 saturated carbocycles. The lowest BCUT2D eigenvalue weighted by molar-refractivity contribution is 0.413. The highest BCUT2D eigenvalue weighted by Crippen LogP contribution is 2.35. The lowest BCUT2D eigenvalue weighted by Gasteiger charge is -2.14. The van der Waals surface area contributed by atoms with Gasteiger partial charge in [0.05, 0.1) is 12.8 Å². The van der Waals surface area contributed by atoms with E-state index >= 15 is 0 Å². The normalized spacial score (nSPS) is 9.92. The van der Waals surface area contributed by atoms with Crippen LogP contribution in [0, 0.1) is 13.8 Å². The average Bonchev–Trinajstić information content (AvgIpc) is 2.10. The van der Waals surface area contributed by atoms with Gasteiger partial charge in [-0.15, -0.1) is 0 Å². The molecule has 0 unspecified atom stereocenters. The molecule has 3 heteroatoms. The van der Waals surface area contributed by atoms with Gasteiger partial charge in [0.25, 0.3) is 0 Å². The molecule has 0 aromatic heterocycles. The fraction of sp³-hybridized carbons (Fsp3) is 0.400. The predicted octanol–water partition coefficient (Wildman–Crippen LogP) is 3.01. The van der Waals surface area contributed by atoms with Crippen LogP contribution in [0.25, 0.3) is 0 Å². The molecule has 0 aliphatic carbocycles. The molecule has 0 amide bonds. The Labute approximate surface area is 83.9 Å². The monoisotopic (exact) mass is 199 g/mol. The number of rotatable bonds is 2. The highest BCUT2D eigenvalue weighted by atomic mass is 35.5. The zero-order valence-corrected chi connectivity index (χ0v) is 9.12. The Morgan fingerprint density at radius 1 is 1.38 bits per heavy atom. The molecule has 13 heavy (non-hydrogen) atoms. The van der Waals surface area contributed by atoms with E-state index < -0.39 is 0 Å². The minimum atomic E-state index is 0.766. The molecule has 0 heterocycles. The largest absolute Gasteiger partial charge is 0.494 e. The van der Waals surface area contributed by atoms with Crippen molar-refractivity contribution >= 4 is 17.3 Å². The molecule has 0 aliphatic heterocycles. The van der Waals surface area contributed by atoms with Crippen molar-refractivity contribution in [3.05, 3.63) is 22.2 Å². The maximum Gasteiger partial charge on any atom is 0.145 e. The zero-order chi connectivity index (χ0) is 10.0. The van der Waals surface area contributed by atoms with E-state index in [0.717, 1.165) is 27.6 Å². The van der Waals surface area contributed by atoms with E-state index in [1.165, 1.54) is 0 Å². The second-order valence-corrected chi connectivity index (χ2v) is 3.37. The summed E-state index contributed by atoms with van der Waals surface area (Å²) in [5.41, 5.74) is 3.03. The number of ether oxygens (including phenoxy) is 1. The van der Waals surface area contributed by atoms with Crippen LogP contribution in [0.5, 0.6) is 5.75 Å². The summed E-state index contributed by atoms with van der Waals surface area (Å²) in [6.07, 6.45) is 0. The molecule has 0 fully saturated rings. The third kappa shape index (κ3) is 1.73. The number of methoxy groups -OCH3 is 1. The number of anilines is 1. The Bertz CT molecular complexity index is 323. The summed E-state index contributed by atoms with van der Waals surface area (Å²) in [7, 11) is 3.52. The van der Waals surface area contributed by atoms with Gasteiger partial charge < -0.3 is 10.1 Å². The molecule has 0 radical (unpaired) electrons. The van der Waals surface area contributed by atoms with Crippen molar-refractivity contribution in [1.29, 1.82) is 0 Å².